The van der Waals surface area contributed by atoms with Gasteiger partial charge in [0.1, 0.15) is 5.41 Å². The van der Waals surface area contributed by atoms with Crippen molar-refractivity contribution in [1.29, 1.82) is 0 Å². The molecule has 2 aromatic heterocycles. The summed E-state index contributed by atoms with van der Waals surface area (Å²) < 4.78 is 44.0. The molecule has 4 N–H and O–H groups in total. The van der Waals surface area contributed by atoms with E-state index in [1.807, 2.05) is 18.2 Å². The fourth-order valence-corrected chi connectivity index (χ4v) is 2.57. The summed E-state index contributed by atoms with van der Waals surface area (Å²) in [6.07, 6.45) is -2.68. The monoisotopic (exact) mass is 405 g/mol. The summed E-state index contributed by atoms with van der Waals surface area (Å²) in [5.41, 5.74) is 6.04. The van der Waals surface area contributed by atoms with Crippen molar-refractivity contribution in [1.82, 2.24) is 5.16 Å². The molecule has 29 heavy (non-hydrogen) atoms. The molecule has 152 valence electrons. The minimum absolute atomic E-state index is 0.0407. The van der Waals surface area contributed by atoms with Gasteiger partial charge in [0, 0.05) is 17.7 Å². The molecule has 6 nitrogen and oxygen atoms in total. The first kappa shape index (κ1) is 20.4. The standard InChI is InChI=1S/C20H19F3N4O2/c1-19(2,20(21,22)23)15-10-17(27-29-15)26-18(28)9-12-3-5-13(6-4-12)14-7-8-16(24)25-11-14/h3-8,10-11H,9H2,1-2H3,(H2,24,25)(H,26,27,28)/p+1. The lowest BCUT2D eigenvalue weighted by Gasteiger charge is -2.24. The zero-order valence-corrected chi connectivity index (χ0v) is 15.8. The zero-order chi connectivity index (χ0) is 21.2. The van der Waals surface area contributed by atoms with Crippen LogP contribution in [0.15, 0.2) is 53.2 Å². The minimum atomic E-state index is -4.50. The maximum absolute atomic E-state index is 13.1. The summed E-state index contributed by atoms with van der Waals surface area (Å²) in [5.74, 6) is -0.291. The number of nitrogens with zero attached hydrogens (tertiary/aromatic N) is 1. The maximum atomic E-state index is 13.1. The van der Waals surface area contributed by atoms with Crippen LogP contribution in [0.4, 0.5) is 24.8 Å². The average molecular weight is 405 g/mol. The van der Waals surface area contributed by atoms with Crippen LogP contribution in [0, 0.1) is 0 Å². The number of aromatic amines is 1. The van der Waals surface area contributed by atoms with Gasteiger partial charge in [-0.1, -0.05) is 29.4 Å². The van der Waals surface area contributed by atoms with Crippen LogP contribution in [0.25, 0.3) is 11.1 Å². The number of hydrogen-bond acceptors (Lipinski definition) is 4. The summed E-state index contributed by atoms with van der Waals surface area (Å²) in [6.45, 7) is 1.97. The van der Waals surface area contributed by atoms with E-state index in [4.69, 9.17) is 10.3 Å². The fraction of sp³-hybridized carbons (Fsp3) is 0.250. The third kappa shape index (κ3) is 4.56. The number of hydrogen-bond donors (Lipinski definition) is 2. The minimum Gasteiger partial charge on any atom is -0.358 e. The van der Waals surface area contributed by atoms with E-state index in [-0.39, 0.29) is 18.0 Å². The van der Waals surface area contributed by atoms with Crippen molar-refractivity contribution < 1.29 is 27.5 Å². The summed E-state index contributed by atoms with van der Waals surface area (Å²) in [4.78, 5) is 15.1. The number of H-pyrrole nitrogens is 1. The van der Waals surface area contributed by atoms with Gasteiger partial charge in [0.05, 0.1) is 12.6 Å². The van der Waals surface area contributed by atoms with Crippen LogP contribution >= 0.6 is 0 Å². The van der Waals surface area contributed by atoms with Gasteiger partial charge in [-0.2, -0.15) is 13.2 Å². The van der Waals surface area contributed by atoms with Gasteiger partial charge in [-0.25, -0.2) is 4.98 Å². The van der Waals surface area contributed by atoms with Crippen molar-refractivity contribution in [3.05, 3.63) is 60.0 Å². The van der Waals surface area contributed by atoms with Crippen LogP contribution in [0.2, 0.25) is 0 Å². The molecule has 0 spiro atoms. The van der Waals surface area contributed by atoms with Crippen molar-refractivity contribution >= 4 is 17.5 Å². The van der Waals surface area contributed by atoms with Crippen molar-refractivity contribution in [2.45, 2.75) is 31.9 Å². The van der Waals surface area contributed by atoms with Gasteiger partial charge in [0.2, 0.25) is 5.91 Å². The van der Waals surface area contributed by atoms with Crippen LogP contribution in [-0.2, 0) is 16.6 Å². The Morgan fingerprint density at radius 2 is 1.79 bits per heavy atom. The maximum Gasteiger partial charge on any atom is 0.401 e. The number of aromatic nitrogens is 2. The van der Waals surface area contributed by atoms with Gasteiger partial charge in [-0.05, 0) is 31.0 Å². The first-order chi connectivity index (χ1) is 13.6. The van der Waals surface area contributed by atoms with Crippen molar-refractivity contribution in [3.8, 4) is 11.1 Å². The highest BCUT2D eigenvalue weighted by Crippen LogP contribution is 2.41. The molecule has 0 saturated heterocycles. The van der Waals surface area contributed by atoms with Gasteiger partial charge >= 0.3 is 6.18 Å². The largest absolute Gasteiger partial charge is 0.401 e. The van der Waals surface area contributed by atoms with E-state index in [2.05, 4.69) is 15.5 Å². The number of pyridine rings is 1. The lowest BCUT2D eigenvalue weighted by atomic mass is 9.89. The van der Waals surface area contributed by atoms with Crippen LogP contribution in [0.5, 0.6) is 0 Å². The Morgan fingerprint density at radius 3 is 2.38 bits per heavy atom. The average Bonchev–Trinajstić information content (AvgIpc) is 3.11. The van der Waals surface area contributed by atoms with Gasteiger partial charge < -0.3 is 9.84 Å². The lowest BCUT2D eigenvalue weighted by Crippen LogP contribution is -2.35. The molecule has 0 aliphatic rings. The van der Waals surface area contributed by atoms with E-state index >= 15 is 0 Å². The van der Waals surface area contributed by atoms with Crippen molar-refractivity contribution in [3.63, 3.8) is 0 Å². The van der Waals surface area contributed by atoms with E-state index in [9.17, 15) is 18.0 Å². The van der Waals surface area contributed by atoms with Crippen LogP contribution < -0.4 is 16.0 Å². The normalized spacial score (nSPS) is 12.0. The number of anilines is 2. The molecule has 1 aromatic carbocycles. The molecule has 3 rings (SSSR count). The molecule has 2 heterocycles. The number of rotatable bonds is 5. The van der Waals surface area contributed by atoms with E-state index in [0.717, 1.165) is 36.6 Å². The predicted molar refractivity (Wildman–Crippen MR) is 101 cm³/mol. The first-order valence-corrected chi connectivity index (χ1v) is 8.76. The molecule has 0 saturated carbocycles. The topological polar surface area (TPSA) is 95.3 Å². The molecule has 0 aliphatic heterocycles. The molecule has 1 amide bonds. The Labute approximate surface area is 164 Å². The van der Waals surface area contributed by atoms with Crippen LogP contribution in [0.3, 0.4) is 0 Å². The second-order valence-corrected chi connectivity index (χ2v) is 7.15. The number of nitrogens with two attached hydrogens (primary N) is 1. The number of alkyl halides is 3. The van der Waals surface area contributed by atoms with Crippen LogP contribution in [0.1, 0.15) is 25.2 Å². The molecule has 9 heteroatoms. The molecule has 0 unspecified atom stereocenters. The highest BCUT2D eigenvalue weighted by molar-refractivity contribution is 5.91. The molecule has 0 aliphatic carbocycles. The number of carbonyl (C=O) groups is 1. The first-order valence-electron chi connectivity index (χ1n) is 8.76. The zero-order valence-electron chi connectivity index (χ0n) is 15.8. The SMILES string of the molecule is CC(C)(c1cc(NC(=O)Cc2ccc(-c3ccc(N)[nH+]c3)cc2)no1)C(F)(F)F. The summed E-state index contributed by atoms with van der Waals surface area (Å²) >= 11 is 0. The van der Waals surface area contributed by atoms with E-state index in [1.54, 1.807) is 24.4 Å². The van der Waals surface area contributed by atoms with Gasteiger partial charge in [0.25, 0.3) is 5.82 Å². The number of benzene rings is 1. The molecule has 0 bridgehead atoms. The molecule has 0 fully saturated rings. The van der Waals surface area contributed by atoms with Gasteiger partial charge in [-0.3, -0.25) is 10.5 Å². The number of nitrogen functional groups attached to an aromatic ring is 1. The quantitative estimate of drug-likeness (QED) is 0.676. The number of amides is 1. The summed E-state index contributed by atoms with van der Waals surface area (Å²) in [5, 5.41) is 5.97. The van der Waals surface area contributed by atoms with Crippen molar-refractivity contribution in [2.24, 2.45) is 0 Å². The summed E-state index contributed by atoms with van der Waals surface area (Å²) in [7, 11) is 0. The smallest absolute Gasteiger partial charge is 0.358 e. The molecule has 0 radical (unpaired) electrons. The second-order valence-electron chi connectivity index (χ2n) is 7.15. The Balaban J connectivity index is 1.63. The molecule has 0 atom stereocenters. The second kappa shape index (κ2) is 7.57. The number of halogens is 3. The van der Waals surface area contributed by atoms with E-state index < -0.39 is 17.5 Å². The number of carbonyl (C=O) groups excluding carboxylic acids is 1. The highest BCUT2D eigenvalue weighted by atomic mass is 19.4. The molecular formula is C20H20F3N4O2+. The van der Waals surface area contributed by atoms with E-state index in [1.165, 1.54) is 0 Å². The number of nitrogens with one attached hydrogen (secondary N) is 2. The highest BCUT2D eigenvalue weighted by Gasteiger charge is 2.51. The molecule has 3 aromatic rings. The van der Waals surface area contributed by atoms with Crippen molar-refractivity contribution in [2.75, 3.05) is 11.1 Å². The Morgan fingerprint density at radius 1 is 1.14 bits per heavy atom. The molecular weight excluding hydrogens is 385 g/mol. The Kier molecular flexibility index (Phi) is 5.32. The van der Waals surface area contributed by atoms with Gasteiger partial charge in [-0.15, -0.1) is 0 Å². The fourth-order valence-electron chi connectivity index (χ4n) is 2.57. The van der Waals surface area contributed by atoms with Crippen LogP contribution in [-0.4, -0.2) is 17.2 Å². The summed E-state index contributed by atoms with van der Waals surface area (Å²) in [6, 6.07) is 12.0. The lowest BCUT2D eigenvalue weighted by molar-refractivity contribution is -0.359. The Hall–Kier alpha value is -3.36. The third-order valence-electron chi connectivity index (χ3n) is 4.59. The van der Waals surface area contributed by atoms with Gasteiger partial charge in [0.15, 0.2) is 11.6 Å². The Bertz CT molecular complexity index is 994. The predicted octanol–water partition coefficient (Wildman–Crippen LogP) is 3.76. The third-order valence-corrected chi connectivity index (χ3v) is 4.59. The van der Waals surface area contributed by atoms with E-state index in [0.29, 0.717) is 5.82 Å².